The van der Waals surface area contributed by atoms with Crippen LogP contribution in [0.4, 0.5) is 0 Å². The number of rotatable bonds is 13. The van der Waals surface area contributed by atoms with Gasteiger partial charge < -0.3 is 34.3 Å². The molecule has 0 aliphatic carbocycles. The Hall–Kier alpha value is -2.26. The van der Waals surface area contributed by atoms with E-state index in [-0.39, 0.29) is 0 Å². The molecule has 7 nitrogen and oxygen atoms in total. The molecule has 0 spiro atoms. The first-order valence-corrected chi connectivity index (χ1v) is 11.2. The Labute approximate surface area is 195 Å². The minimum absolute atomic E-state index is 0.296. The molecule has 1 fully saturated rings. The molecule has 0 unspecified atom stereocenters. The number of hydrogen-bond acceptors (Lipinski definition) is 7. The summed E-state index contributed by atoms with van der Waals surface area (Å²) in [5.74, 6) is 0.757. The number of aliphatic hydroxyl groups is 3. The number of hydrogen-bond donors (Lipinski definition) is 3. The molecular formula is C26H34O7. The third kappa shape index (κ3) is 7.11. The van der Waals surface area contributed by atoms with E-state index < -0.39 is 43.2 Å². The Morgan fingerprint density at radius 3 is 2.39 bits per heavy atom. The topological polar surface area (TPSA) is 97.6 Å². The van der Waals surface area contributed by atoms with Gasteiger partial charge in [0.2, 0.25) is 0 Å². The van der Waals surface area contributed by atoms with E-state index >= 15 is 0 Å². The minimum Gasteiger partial charge on any atom is -0.497 e. The van der Waals surface area contributed by atoms with Gasteiger partial charge in [-0.05, 0) is 29.7 Å². The van der Waals surface area contributed by atoms with Crippen LogP contribution in [0.1, 0.15) is 24.0 Å². The summed E-state index contributed by atoms with van der Waals surface area (Å²) < 4.78 is 23.3. The maximum absolute atomic E-state index is 11.2. The summed E-state index contributed by atoms with van der Waals surface area (Å²) in [5, 5.41) is 30.7. The number of methoxy groups -OCH3 is 1. The SMILES string of the molecule is C=CC[C@@H](OCc1ccc(OC)cc1)[C@@H](O)[C@@H]1O[C@@H]([C@@H](O)CO)C[C@@H]1OCc1ccccc1. The molecule has 0 radical (unpaired) electrons. The van der Waals surface area contributed by atoms with E-state index in [2.05, 4.69) is 6.58 Å². The molecule has 2 aromatic rings. The molecule has 1 heterocycles. The molecule has 0 saturated carbocycles. The van der Waals surface area contributed by atoms with Crippen molar-refractivity contribution in [2.75, 3.05) is 13.7 Å². The number of ether oxygens (including phenoxy) is 4. The highest BCUT2D eigenvalue weighted by Gasteiger charge is 2.45. The lowest BCUT2D eigenvalue weighted by Crippen LogP contribution is -2.45. The first kappa shape index (κ1) is 25.4. The van der Waals surface area contributed by atoms with Gasteiger partial charge in [-0.3, -0.25) is 0 Å². The van der Waals surface area contributed by atoms with Crippen LogP contribution in [-0.2, 0) is 27.4 Å². The average Bonchev–Trinajstić information content (AvgIpc) is 3.29. The summed E-state index contributed by atoms with van der Waals surface area (Å²) in [7, 11) is 1.61. The second kappa shape index (κ2) is 12.8. The molecule has 0 bridgehead atoms. The number of aliphatic hydroxyl groups excluding tert-OH is 3. The van der Waals surface area contributed by atoms with E-state index in [9.17, 15) is 15.3 Å². The normalized spacial score (nSPS) is 23.1. The van der Waals surface area contributed by atoms with E-state index in [1.54, 1.807) is 13.2 Å². The number of benzene rings is 2. The van der Waals surface area contributed by atoms with Crippen LogP contribution in [0.25, 0.3) is 0 Å². The zero-order chi connectivity index (χ0) is 23.6. The van der Waals surface area contributed by atoms with Crippen LogP contribution in [0.5, 0.6) is 5.75 Å². The van der Waals surface area contributed by atoms with Gasteiger partial charge in [0.05, 0.1) is 45.2 Å². The summed E-state index contributed by atoms with van der Waals surface area (Å²) in [5.41, 5.74) is 1.94. The largest absolute Gasteiger partial charge is 0.497 e. The molecule has 7 heteroatoms. The fourth-order valence-corrected chi connectivity index (χ4v) is 3.92. The van der Waals surface area contributed by atoms with Crippen molar-refractivity contribution >= 4 is 0 Å². The summed E-state index contributed by atoms with van der Waals surface area (Å²) in [4.78, 5) is 0. The Morgan fingerprint density at radius 1 is 1.06 bits per heavy atom. The fourth-order valence-electron chi connectivity index (χ4n) is 3.92. The van der Waals surface area contributed by atoms with Gasteiger partial charge >= 0.3 is 0 Å². The minimum atomic E-state index is -1.05. The van der Waals surface area contributed by atoms with Crippen molar-refractivity contribution in [1.82, 2.24) is 0 Å². The third-order valence-electron chi connectivity index (χ3n) is 5.83. The maximum Gasteiger partial charge on any atom is 0.118 e. The predicted molar refractivity (Wildman–Crippen MR) is 124 cm³/mol. The van der Waals surface area contributed by atoms with Crippen LogP contribution in [0.3, 0.4) is 0 Å². The van der Waals surface area contributed by atoms with E-state index in [1.807, 2.05) is 54.6 Å². The van der Waals surface area contributed by atoms with Crippen LogP contribution in [-0.4, -0.2) is 65.7 Å². The Balaban J connectivity index is 1.68. The van der Waals surface area contributed by atoms with Crippen LogP contribution >= 0.6 is 0 Å². The van der Waals surface area contributed by atoms with Crippen LogP contribution in [0.2, 0.25) is 0 Å². The van der Waals surface area contributed by atoms with Gasteiger partial charge in [-0.2, -0.15) is 0 Å². The zero-order valence-corrected chi connectivity index (χ0v) is 19.0. The van der Waals surface area contributed by atoms with Gasteiger partial charge in [-0.15, -0.1) is 6.58 Å². The summed E-state index contributed by atoms with van der Waals surface area (Å²) in [6.07, 6.45) is -2.02. The van der Waals surface area contributed by atoms with Gasteiger partial charge in [-0.1, -0.05) is 48.5 Å². The van der Waals surface area contributed by atoms with Crippen molar-refractivity contribution < 1.29 is 34.3 Å². The van der Waals surface area contributed by atoms with Crippen molar-refractivity contribution in [1.29, 1.82) is 0 Å². The first-order valence-electron chi connectivity index (χ1n) is 11.2. The fraction of sp³-hybridized carbons (Fsp3) is 0.462. The highest BCUT2D eigenvalue weighted by Crippen LogP contribution is 2.31. The predicted octanol–water partition coefficient (Wildman–Crippen LogP) is 2.61. The quantitative estimate of drug-likeness (QED) is 0.397. The Kier molecular flexibility index (Phi) is 9.87. The molecule has 0 amide bonds. The zero-order valence-electron chi connectivity index (χ0n) is 19.0. The van der Waals surface area contributed by atoms with Crippen LogP contribution in [0.15, 0.2) is 67.3 Å². The molecule has 1 aliphatic heterocycles. The molecule has 3 N–H and O–H groups in total. The van der Waals surface area contributed by atoms with Crippen molar-refractivity contribution in [2.45, 2.75) is 62.7 Å². The molecular weight excluding hydrogens is 424 g/mol. The highest BCUT2D eigenvalue weighted by atomic mass is 16.6. The van der Waals surface area contributed by atoms with Crippen molar-refractivity contribution in [3.8, 4) is 5.75 Å². The molecule has 180 valence electrons. The van der Waals surface area contributed by atoms with Gasteiger partial charge in [0.25, 0.3) is 0 Å². The molecule has 6 atom stereocenters. The summed E-state index contributed by atoms with van der Waals surface area (Å²) in [6, 6.07) is 17.2. The Bertz CT molecular complexity index is 826. The second-order valence-electron chi connectivity index (χ2n) is 8.17. The Morgan fingerprint density at radius 2 is 1.76 bits per heavy atom. The van der Waals surface area contributed by atoms with Gasteiger partial charge in [0.15, 0.2) is 0 Å². The second-order valence-corrected chi connectivity index (χ2v) is 8.17. The van der Waals surface area contributed by atoms with Crippen molar-refractivity contribution in [2.24, 2.45) is 0 Å². The van der Waals surface area contributed by atoms with E-state index in [0.29, 0.717) is 26.1 Å². The molecule has 0 aromatic heterocycles. The van der Waals surface area contributed by atoms with Gasteiger partial charge in [-0.25, -0.2) is 0 Å². The van der Waals surface area contributed by atoms with Crippen LogP contribution in [0, 0.1) is 0 Å². The van der Waals surface area contributed by atoms with Crippen molar-refractivity contribution in [3.63, 3.8) is 0 Å². The first-order chi connectivity index (χ1) is 16.0. The average molecular weight is 459 g/mol. The molecule has 2 aromatic carbocycles. The molecule has 3 rings (SSSR count). The van der Waals surface area contributed by atoms with Crippen LogP contribution < -0.4 is 4.74 Å². The lowest BCUT2D eigenvalue weighted by molar-refractivity contribution is -0.150. The van der Waals surface area contributed by atoms with Crippen molar-refractivity contribution in [3.05, 3.63) is 78.4 Å². The van der Waals surface area contributed by atoms with Gasteiger partial charge in [0.1, 0.15) is 24.1 Å². The lowest BCUT2D eigenvalue weighted by atomic mass is 9.99. The highest BCUT2D eigenvalue weighted by molar-refractivity contribution is 5.26. The standard InChI is InChI=1S/C26H34O7/c1-3-7-22(31-17-19-10-12-20(30-2)13-11-19)25(29)26-24(14-23(33-26)21(28)15-27)32-16-18-8-5-4-6-9-18/h3-6,8-13,21-29H,1,7,14-17H2,2H3/t21-,22+,23+,24-,25+,26+/m0/s1. The summed E-state index contributed by atoms with van der Waals surface area (Å²) >= 11 is 0. The molecule has 33 heavy (non-hydrogen) atoms. The molecule has 1 aliphatic rings. The van der Waals surface area contributed by atoms with Gasteiger partial charge in [0, 0.05) is 6.42 Å². The van der Waals surface area contributed by atoms with E-state index in [4.69, 9.17) is 18.9 Å². The van der Waals surface area contributed by atoms with E-state index in [1.165, 1.54) is 0 Å². The third-order valence-corrected chi connectivity index (χ3v) is 5.83. The lowest BCUT2D eigenvalue weighted by Gasteiger charge is -2.30. The van der Waals surface area contributed by atoms with E-state index in [0.717, 1.165) is 16.9 Å². The monoisotopic (exact) mass is 458 g/mol. The summed E-state index contributed by atoms with van der Waals surface area (Å²) in [6.45, 7) is 4.00. The smallest absolute Gasteiger partial charge is 0.118 e. The molecule has 1 saturated heterocycles. The maximum atomic E-state index is 11.2.